The van der Waals surface area contributed by atoms with Crippen molar-refractivity contribution in [3.8, 4) is 0 Å². The van der Waals surface area contributed by atoms with Crippen molar-refractivity contribution >= 4 is 5.97 Å². The lowest BCUT2D eigenvalue weighted by molar-refractivity contribution is -0.332. The molecule has 2 saturated heterocycles. The molecule has 14 nitrogen and oxygen atoms in total. The monoisotopic (exact) mass is 1140 g/mol. The molecule has 0 spiro atoms. The molecule has 0 bridgehead atoms. The average Bonchev–Trinajstić information content (AvgIpc) is 3.46. The maximum absolute atomic E-state index is 13.1. The highest BCUT2D eigenvalue weighted by atomic mass is 16.7. The van der Waals surface area contributed by atoms with Gasteiger partial charge >= 0.3 is 5.97 Å². The summed E-state index contributed by atoms with van der Waals surface area (Å²) < 4.78 is 34.5. The molecule has 2 aliphatic rings. The summed E-state index contributed by atoms with van der Waals surface area (Å²) in [4.78, 5) is 13.1. The van der Waals surface area contributed by atoms with Crippen molar-refractivity contribution in [3.05, 3.63) is 109 Å². The maximum Gasteiger partial charge on any atom is 0.306 e. The Hall–Kier alpha value is -3.35. The Labute approximate surface area is 489 Å². The standard InChI is InChI=1S/C67H112O14/c1-3-5-7-9-11-13-15-17-19-21-23-25-27-28-29-30-32-34-36-38-40-42-44-46-48-50-59(69)79-56(53-76-51-49-47-45-43-41-39-37-35-33-31-26-24-22-20-18-16-14-12-10-8-6-4-2)54-77-66-65(75)63(73)61(71)58(81-66)55-78-67-64(74)62(72)60(70)57(52-68)80-67/h5-8,11-14,17-20,23-26,28-29,56-58,60-68,70-75H,3-4,9-10,15-16,21-22,27,30-55H2,1-2H3/b7-5-,8-6-,13-11-,14-12-,19-17-,20-18-,25-23-,26-24-,29-28-. The normalized spacial score (nSPS) is 24.5. The van der Waals surface area contributed by atoms with Crippen molar-refractivity contribution in [2.45, 2.75) is 274 Å². The SMILES string of the molecule is CC/C=C\C/C=C\C/C=C\C/C=C\C/C=C\CCCCCCCCCCCC(=O)OC(COCCCCCCCCCCC/C=C\C/C=C\C/C=C\C/C=C\CC)COC1OC(COC2OC(CO)C(O)C(O)C2O)C(O)C(O)C1O. The van der Waals surface area contributed by atoms with E-state index in [1.54, 1.807) is 0 Å². The van der Waals surface area contributed by atoms with E-state index in [0.29, 0.717) is 13.0 Å². The average molecular weight is 1140 g/mol. The third-order valence-electron chi connectivity index (χ3n) is 14.3. The van der Waals surface area contributed by atoms with Crippen LogP contribution in [0.5, 0.6) is 0 Å². The first kappa shape index (κ1) is 73.8. The zero-order valence-corrected chi connectivity index (χ0v) is 50.0. The predicted octanol–water partition coefficient (Wildman–Crippen LogP) is 12.3. The molecule has 0 amide bonds. The topological polar surface area (TPSA) is 214 Å². The van der Waals surface area contributed by atoms with E-state index in [2.05, 4.69) is 123 Å². The highest BCUT2D eigenvalue weighted by molar-refractivity contribution is 5.69. The zero-order valence-electron chi connectivity index (χ0n) is 50.0. The van der Waals surface area contributed by atoms with Crippen molar-refractivity contribution < 1.29 is 69.0 Å². The van der Waals surface area contributed by atoms with Gasteiger partial charge in [0.05, 0.1) is 26.4 Å². The van der Waals surface area contributed by atoms with Crippen LogP contribution in [0.1, 0.15) is 206 Å². The Morgan fingerprint density at radius 3 is 1.20 bits per heavy atom. The second kappa shape index (κ2) is 52.2. The molecule has 0 saturated carbocycles. The molecule has 0 aromatic rings. The van der Waals surface area contributed by atoms with Crippen LogP contribution in [0.2, 0.25) is 0 Å². The summed E-state index contributed by atoms with van der Waals surface area (Å²) in [6.45, 7) is 3.44. The molecule has 11 unspecified atom stereocenters. The van der Waals surface area contributed by atoms with Gasteiger partial charge in [0, 0.05) is 13.0 Å². The Kier molecular flexibility index (Phi) is 47.5. The van der Waals surface area contributed by atoms with E-state index in [0.717, 1.165) is 109 Å². The van der Waals surface area contributed by atoms with E-state index >= 15 is 0 Å². The molecule has 11 atom stereocenters. The summed E-state index contributed by atoms with van der Waals surface area (Å²) in [5.74, 6) is -0.388. The molecule has 0 aromatic heterocycles. The number of hydrogen-bond donors (Lipinski definition) is 7. The number of esters is 1. The number of allylic oxidation sites excluding steroid dienone is 18. The Balaban J connectivity index is 1.69. The maximum atomic E-state index is 13.1. The van der Waals surface area contributed by atoms with E-state index in [1.165, 1.54) is 70.6 Å². The molecule has 14 heteroatoms. The fraction of sp³-hybridized carbons (Fsp3) is 0.716. The van der Waals surface area contributed by atoms with Gasteiger partial charge in [-0.05, 0) is 96.3 Å². The number of unbranched alkanes of at least 4 members (excludes halogenated alkanes) is 18. The number of aliphatic hydroxyl groups is 7. The van der Waals surface area contributed by atoms with Crippen LogP contribution in [0.3, 0.4) is 0 Å². The van der Waals surface area contributed by atoms with E-state index in [4.69, 9.17) is 28.4 Å². The summed E-state index contributed by atoms with van der Waals surface area (Å²) in [5, 5.41) is 72.5. The number of rotatable bonds is 50. The largest absolute Gasteiger partial charge is 0.457 e. The molecule has 0 radical (unpaired) electrons. The van der Waals surface area contributed by atoms with E-state index in [9.17, 15) is 40.5 Å². The van der Waals surface area contributed by atoms with Gasteiger partial charge in [-0.15, -0.1) is 0 Å². The Morgan fingerprint density at radius 2 is 0.765 bits per heavy atom. The molecule has 81 heavy (non-hydrogen) atoms. The van der Waals surface area contributed by atoms with Gasteiger partial charge in [0.1, 0.15) is 54.9 Å². The molecule has 7 N–H and O–H groups in total. The van der Waals surface area contributed by atoms with Crippen LogP contribution in [0.4, 0.5) is 0 Å². The second-order valence-corrected chi connectivity index (χ2v) is 21.5. The second-order valence-electron chi connectivity index (χ2n) is 21.5. The van der Waals surface area contributed by atoms with Gasteiger partial charge in [-0.2, -0.15) is 0 Å². The predicted molar refractivity (Wildman–Crippen MR) is 325 cm³/mol. The van der Waals surface area contributed by atoms with Gasteiger partial charge in [-0.1, -0.05) is 213 Å². The third kappa shape index (κ3) is 38.3. The van der Waals surface area contributed by atoms with Crippen molar-refractivity contribution in [3.63, 3.8) is 0 Å². The number of carbonyl (C=O) groups excluding carboxylic acids is 1. The number of hydrogen-bond acceptors (Lipinski definition) is 14. The molecule has 0 aromatic carbocycles. The third-order valence-corrected chi connectivity index (χ3v) is 14.3. The highest BCUT2D eigenvalue weighted by Crippen LogP contribution is 2.27. The van der Waals surface area contributed by atoms with Crippen LogP contribution in [0.15, 0.2) is 109 Å². The van der Waals surface area contributed by atoms with Crippen LogP contribution >= 0.6 is 0 Å². The van der Waals surface area contributed by atoms with Gasteiger partial charge in [-0.3, -0.25) is 4.79 Å². The smallest absolute Gasteiger partial charge is 0.306 e. The minimum atomic E-state index is -1.72. The molecule has 2 heterocycles. The zero-order chi connectivity index (χ0) is 58.6. The van der Waals surface area contributed by atoms with Crippen molar-refractivity contribution in [2.24, 2.45) is 0 Å². The Bertz CT molecular complexity index is 1750. The highest BCUT2D eigenvalue weighted by Gasteiger charge is 2.47. The fourth-order valence-corrected chi connectivity index (χ4v) is 9.30. The first-order chi connectivity index (χ1) is 39.6. The molecule has 2 fully saturated rings. The first-order valence-corrected chi connectivity index (χ1v) is 31.5. The van der Waals surface area contributed by atoms with E-state index in [-0.39, 0.29) is 25.6 Å². The van der Waals surface area contributed by atoms with Gasteiger partial charge in [-0.25, -0.2) is 0 Å². The minimum absolute atomic E-state index is 0.0482. The van der Waals surface area contributed by atoms with Crippen LogP contribution in [0.25, 0.3) is 0 Å². The Morgan fingerprint density at radius 1 is 0.407 bits per heavy atom. The van der Waals surface area contributed by atoms with E-state index < -0.39 is 80.7 Å². The van der Waals surface area contributed by atoms with Crippen LogP contribution in [-0.4, -0.2) is 142 Å². The van der Waals surface area contributed by atoms with Crippen LogP contribution < -0.4 is 0 Å². The molecular weight excluding hydrogens is 1030 g/mol. The fourth-order valence-electron chi connectivity index (χ4n) is 9.30. The molecule has 0 aliphatic carbocycles. The molecule has 2 aliphatic heterocycles. The quantitative estimate of drug-likeness (QED) is 0.0172. The van der Waals surface area contributed by atoms with Gasteiger partial charge in [0.2, 0.25) is 0 Å². The summed E-state index contributed by atoms with van der Waals surface area (Å²) in [7, 11) is 0. The molecule has 464 valence electrons. The molecular formula is C67H112O14. The summed E-state index contributed by atoms with van der Waals surface area (Å²) in [6.07, 6.45) is 55.7. The van der Waals surface area contributed by atoms with Crippen molar-refractivity contribution in [1.29, 1.82) is 0 Å². The lowest BCUT2D eigenvalue weighted by atomic mass is 9.98. The lowest BCUT2D eigenvalue weighted by Gasteiger charge is -2.42. The summed E-state index contributed by atoms with van der Waals surface area (Å²) in [6, 6.07) is 0. The van der Waals surface area contributed by atoms with Gasteiger partial charge < -0.3 is 64.2 Å². The first-order valence-electron chi connectivity index (χ1n) is 31.5. The summed E-state index contributed by atoms with van der Waals surface area (Å²) >= 11 is 0. The summed E-state index contributed by atoms with van der Waals surface area (Å²) in [5.41, 5.74) is 0. The molecule has 2 rings (SSSR count). The van der Waals surface area contributed by atoms with Crippen LogP contribution in [0, 0.1) is 0 Å². The van der Waals surface area contributed by atoms with E-state index in [1.807, 2.05) is 0 Å². The number of carbonyl (C=O) groups is 1. The minimum Gasteiger partial charge on any atom is -0.457 e. The number of aliphatic hydroxyl groups excluding tert-OH is 7. The van der Waals surface area contributed by atoms with Crippen molar-refractivity contribution in [2.75, 3.05) is 33.0 Å². The lowest BCUT2D eigenvalue weighted by Crippen LogP contribution is -2.61. The van der Waals surface area contributed by atoms with Gasteiger partial charge in [0.15, 0.2) is 12.6 Å². The van der Waals surface area contributed by atoms with Crippen LogP contribution in [-0.2, 0) is 33.2 Å². The van der Waals surface area contributed by atoms with Gasteiger partial charge in [0.25, 0.3) is 0 Å². The number of ether oxygens (including phenoxy) is 6. The van der Waals surface area contributed by atoms with Crippen molar-refractivity contribution in [1.82, 2.24) is 0 Å².